The van der Waals surface area contributed by atoms with Crippen molar-refractivity contribution in [2.24, 2.45) is 0 Å². The summed E-state index contributed by atoms with van der Waals surface area (Å²) in [5.74, 6) is 0. The second kappa shape index (κ2) is 5.37. The summed E-state index contributed by atoms with van der Waals surface area (Å²) in [6, 6.07) is 14.8. The molecule has 1 atom stereocenters. The Morgan fingerprint density at radius 1 is 0.950 bits per heavy atom. The lowest BCUT2D eigenvalue weighted by atomic mass is 9.85. The van der Waals surface area contributed by atoms with E-state index >= 15 is 0 Å². The molecule has 0 aliphatic heterocycles. The van der Waals surface area contributed by atoms with E-state index in [0.29, 0.717) is 5.02 Å². The van der Waals surface area contributed by atoms with E-state index < -0.39 is 5.60 Å². The fourth-order valence-corrected chi connectivity index (χ4v) is 3.21. The third-order valence-electron chi connectivity index (χ3n) is 3.24. The Kier molecular flexibility index (Phi) is 3.57. The summed E-state index contributed by atoms with van der Waals surface area (Å²) in [6.07, 6.45) is 3.37. The zero-order valence-electron chi connectivity index (χ0n) is 10.5. The summed E-state index contributed by atoms with van der Waals surface area (Å²) in [5, 5.41) is 14.0. The summed E-state index contributed by atoms with van der Waals surface area (Å²) in [6.45, 7) is 0. The number of hydrogen-bond donors (Lipinski definition) is 1. The Balaban J connectivity index is 2.21. The van der Waals surface area contributed by atoms with Crippen LogP contribution in [0.25, 0.3) is 0 Å². The van der Waals surface area contributed by atoms with Crippen LogP contribution in [0.15, 0.2) is 66.3 Å². The topological polar surface area (TPSA) is 33.1 Å². The van der Waals surface area contributed by atoms with Crippen LogP contribution in [0.5, 0.6) is 0 Å². The van der Waals surface area contributed by atoms with E-state index in [1.807, 2.05) is 41.8 Å². The minimum atomic E-state index is -1.18. The van der Waals surface area contributed by atoms with Crippen molar-refractivity contribution in [1.29, 1.82) is 0 Å². The van der Waals surface area contributed by atoms with Crippen molar-refractivity contribution in [3.63, 3.8) is 0 Å². The smallest absolute Gasteiger partial charge is 0.149 e. The number of aromatic nitrogens is 1. The Labute approximate surface area is 126 Å². The highest BCUT2D eigenvalue weighted by atomic mass is 35.5. The number of aliphatic hydroxyl groups is 1. The van der Waals surface area contributed by atoms with Crippen LogP contribution in [0.3, 0.4) is 0 Å². The molecule has 100 valence electrons. The van der Waals surface area contributed by atoms with Crippen LogP contribution >= 0.6 is 22.9 Å². The van der Waals surface area contributed by atoms with Gasteiger partial charge in [-0.25, -0.2) is 0 Å². The first kappa shape index (κ1) is 13.3. The normalized spacial score (nSPS) is 13.9. The zero-order valence-corrected chi connectivity index (χ0v) is 12.1. The maximum absolute atomic E-state index is 11.3. The highest BCUT2D eigenvalue weighted by Crippen LogP contribution is 2.38. The van der Waals surface area contributed by atoms with Gasteiger partial charge < -0.3 is 5.11 Å². The highest BCUT2D eigenvalue weighted by Gasteiger charge is 2.34. The van der Waals surface area contributed by atoms with Gasteiger partial charge in [0.15, 0.2) is 0 Å². The molecule has 0 fully saturated rings. The summed E-state index contributed by atoms with van der Waals surface area (Å²) in [4.78, 5) is 4.89. The molecule has 0 unspecified atom stereocenters. The Morgan fingerprint density at radius 2 is 1.60 bits per heavy atom. The van der Waals surface area contributed by atoms with Crippen molar-refractivity contribution in [2.45, 2.75) is 5.60 Å². The van der Waals surface area contributed by atoms with Crippen LogP contribution in [-0.2, 0) is 5.60 Å². The van der Waals surface area contributed by atoms with Gasteiger partial charge >= 0.3 is 0 Å². The molecule has 2 aromatic heterocycles. The molecule has 0 spiro atoms. The molecule has 1 N–H and O–H groups in total. The molecule has 0 aliphatic carbocycles. The summed E-state index contributed by atoms with van der Waals surface area (Å²) in [7, 11) is 0. The fraction of sp³-hybridized carbons (Fsp3) is 0.0625. The molecule has 0 aliphatic rings. The molecule has 3 aromatic rings. The molecule has 3 rings (SSSR count). The number of benzene rings is 1. The Bertz CT molecular complexity index is 682. The van der Waals surface area contributed by atoms with E-state index in [-0.39, 0.29) is 0 Å². The molecule has 0 bridgehead atoms. The first-order valence-corrected chi connectivity index (χ1v) is 7.40. The Hall–Kier alpha value is -1.68. The minimum absolute atomic E-state index is 0.650. The number of rotatable bonds is 3. The SMILES string of the molecule is O[C@](c1ccncc1)(c1ccc(Cl)cc1)c1cccs1. The maximum atomic E-state index is 11.3. The van der Waals surface area contributed by atoms with Crippen LogP contribution in [0, 0.1) is 0 Å². The van der Waals surface area contributed by atoms with E-state index in [0.717, 1.165) is 16.0 Å². The highest BCUT2D eigenvalue weighted by molar-refractivity contribution is 7.10. The molecule has 4 heteroatoms. The zero-order chi connectivity index (χ0) is 14.0. The number of halogens is 1. The van der Waals surface area contributed by atoms with Crippen LogP contribution in [0.1, 0.15) is 16.0 Å². The van der Waals surface area contributed by atoms with Gasteiger partial charge in [-0.3, -0.25) is 4.98 Å². The predicted octanol–water partition coefficient (Wildman–Crippen LogP) is 4.08. The van der Waals surface area contributed by atoms with Crippen molar-refractivity contribution in [1.82, 2.24) is 4.98 Å². The van der Waals surface area contributed by atoms with Crippen molar-refractivity contribution in [2.75, 3.05) is 0 Å². The molecule has 2 heterocycles. The lowest BCUT2D eigenvalue weighted by Crippen LogP contribution is -2.27. The van der Waals surface area contributed by atoms with E-state index in [4.69, 9.17) is 11.6 Å². The second-order valence-electron chi connectivity index (χ2n) is 4.43. The number of hydrogen-bond acceptors (Lipinski definition) is 3. The lowest BCUT2D eigenvalue weighted by Gasteiger charge is -2.28. The van der Waals surface area contributed by atoms with Crippen molar-refractivity contribution in [3.8, 4) is 0 Å². The minimum Gasteiger partial charge on any atom is -0.375 e. The van der Waals surface area contributed by atoms with Gasteiger partial charge in [-0.15, -0.1) is 11.3 Å². The molecule has 20 heavy (non-hydrogen) atoms. The van der Waals surface area contributed by atoms with Gasteiger partial charge in [0.1, 0.15) is 5.60 Å². The molecule has 0 saturated carbocycles. The molecule has 0 radical (unpaired) electrons. The van der Waals surface area contributed by atoms with Crippen molar-refractivity contribution < 1.29 is 5.11 Å². The van der Waals surface area contributed by atoms with Gasteiger partial charge in [0.25, 0.3) is 0 Å². The maximum Gasteiger partial charge on any atom is 0.149 e. The molecule has 2 nitrogen and oxygen atoms in total. The first-order chi connectivity index (χ1) is 9.71. The molecule has 0 amide bonds. The van der Waals surface area contributed by atoms with E-state index in [1.165, 1.54) is 11.3 Å². The van der Waals surface area contributed by atoms with Crippen molar-refractivity contribution in [3.05, 3.63) is 87.3 Å². The number of pyridine rings is 1. The van der Waals surface area contributed by atoms with Gasteiger partial charge in [-0.1, -0.05) is 29.8 Å². The second-order valence-corrected chi connectivity index (χ2v) is 5.81. The van der Waals surface area contributed by atoms with Crippen molar-refractivity contribution >= 4 is 22.9 Å². The van der Waals surface area contributed by atoms with E-state index in [2.05, 4.69) is 4.98 Å². The van der Waals surface area contributed by atoms with Gasteiger partial charge in [-0.05, 0) is 46.8 Å². The first-order valence-electron chi connectivity index (χ1n) is 6.14. The van der Waals surface area contributed by atoms with Crippen LogP contribution in [-0.4, -0.2) is 10.1 Å². The van der Waals surface area contributed by atoms with Gasteiger partial charge in [0, 0.05) is 22.3 Å². The summed E-state index contributed by atoms with van der Waals surface area (Å²) >= 11 is 7.46. The molecule has 0 saturated heterocycles. The van der Waals surface area contributed by atoms with E-state index in [9.17, 15) is 5.11 Å². The number of nitrogens with zero attached hydrogens (tertiary/aromatic N) is 1. The van der Waals surface area contributed by atoms with Crippen LogP contribution in [0.4, 0.5) is 0 Å². The third-order valence-corrected chi connectivity index (χ3v) is 4.47. The molecular formula is C16H12ClNOS. The average molecular weight is 302 g/mol. The predicted molar refractivity (Wildman–Crippen MR) is 82.1 cm³/mol. The summed E-state index contributed by atoms with van der Waals surface area (Å²) < 4.78 is 0. The lowest BCUT2D eigenvalue weighted by molar-refractivity contribution is 0.129. The average Bonchev–Trinajstić information content (AvgIpc) is 3.03. The largest absolute Gasteiger partial charge is 0.375 e. The quantitative estimate of drug-likeness (QED) is 0.790. The fourth-order valence-electron chi connectivity index (χ4n) is 2.22. The van der Waals surface area contributed by atoms with Gasteiger partial charge in [0.2, 0.25) is 0 Å². The third kappa shape index (κ3) is 2.24. The van der Waals surface area contributed by atoms with E-state index in [1.54, 1.807) is 24.5 Å². The van der Waals surface area contributed by atoms with Crippen LogP contribution in [0.2, 0.25) is 5.02 Å². The monoisotopic (exact) mass is 301 g/mol. The van der Waals surface area contributed by atoms with Gasteiger partial charge in [0.05, 0.1) is 0 Å². The number of thiophene rings is 1. The standard InChI is InChI=1S/C16H12ClNOS/c17-14-5-3-12(4-6-14)16(19,15-2-1-11-20-15)13-7-9-18-10-8-13/h1-11,19H/t16-/m0/s1. The molecular weight excluding hydrogens is 290 g/mol. The Morgan fingerprint density at radius 3 is 2.20 bits per heavy atom. The molecule has 1 aromatic carbocycles. The summed E-state index contributed by atoms with van der Waals surface area (Å²) in [5.41, 5.74) is 0.398. The van der Waals surface area contributed by atoms with Gasteiger partial charge in [-0.2, -0.15) is 0 Å². The van der Waals surface area contributed by atoms with Crippen LogP contribution < -0.4 is 0 Å².